The molecule has 0 saturated heterocycles. The minimum atomic E-state index is -0.634. The van der Waals surface area contributed by atoms with Gasteiger partial charge in [-0.25, -0.2) is 14.5 Å². The first-order valence-corrected chi connectivity index (χ1v) is 4.96. The van der Waals surface area contributed by atoms with Gasteiger partial charge in [0, 0.05) is 12.2 Å². The van der Waals surface area contributed by atoms with Crippen molar-refractivity contribution in [3.8, 4) is 0 Å². The molecule has 1 heterocycles. The summed E-state index contributed by atoms with van der Waals surface area (Å²) in [4.78, 5) is 24.1. The summed E-state index contributed by atoms with van der Waals surface area (Å²) in [5, 5.41) is 2.67. The lowest BCUT2D eigenvalue weighted by molar-refractivity contribution is 0.134. The van der Waals surface area contributed by atoms with Crippen LogP contribution in [0.4, 0.5) is 15.3 Å². The molecule has 5 nitrogen and oxygen atoms in total. The van der Waals surface area contributed by atoms with E-state index in [2.05, 4.69) is 10.1 Å². The van der Waals surface area contributed by atoms with Crippen molar-refractivity contribution in [2.45, 2.75) is 6.42 Å². The fourth-order valence-corrected chi connectivity index (χ4v) is 1.66. The van der Waals surface area contributed by atoms with Crippen molar-refractivity contribution in [2.75, 3.05) is 19.0 Å². The van der Waals surface area contributed by atoms with E-state index >= 15 is 0 Å². The Morgan fingerprint density at radius 3 is 2.94 bits per heavy atom. The molecule has 0 spiro atoms. The Kier molecular flexibility index (Phi) is 2.76. The molecule has 1 N–H and O–H groups in total. The van der Waals surface area contributed by atoms with Gasteiger partial charge in [0.2, 0.25) is 0 Å². The van der Waals surface area contributed by atoms with Crippen LogP contribution in [0.3, 0.4) is 0 Å². The lowest BCUT2D eigenvalue weighted by atomic mass is 10.1. The standard InChI is InChI=1S/C11H12N2O3/c1-16-11(15)13-7-6-8-4-2-3-5-9(8)12-10(13)14/h2-5H,6-7H2,1H3,(H,12,14). The van der Waals surface area contributed by atoms with E-state index in [9.17, 15) is 9.59 Å². The number of carbonyl (C=O) groups is 2. The van der Waals surface area contributed by atoms with Crippen LogP contribution >= 0.6 is 0 Å². The van der Waals surface area contributed by atoms with Crippen molar-refractivity contribution < 1.29 is 14.3 Å². The number of imide groups is 1. The van der Waals surface area contributed by atoms with E-state index < -0.39 is 12.1 Å². The molecule has 0 fully saturated rings. The van der Waals surface area contributed by atoms with E-state index in [0.717, 1.165) is 16.2 Å². The fourth-order valence-electron chi connectivity index (χ4n) is 1.66. The summed E-state index contributed by atoms with van der Waals surface area (Å²) in [6.07, 6.45) is -0.00499. The molecule has 1 aromatic carbocycles. The number of fused-ring (bicyclic) bond motifs is 1. The molecule has 0 atom stereocenters. The first-order chi connectivity index (χ1) is 7.72. The molecule has 1 aliphatic rings. The van der Waals surface area contributed by atoms with Gasteiger partial charge in [0.05, 0.1) is 7.11 Å². The predicted octanol–water partition coefficient (Wildman–Crippen LogP) is 1.84. The van der Waals surface area contributed by atoms with E-state index in [0.29, 0.717) is 13.0 Å². The highest BCUT2D eigenvalue weighted by atomic mass is 16.5. The zero-order chi connectivity index (χ0) is 11.5. The summed E-state index contributed by atoms with van der Waals surface area (Å²) in [5.74, 6) is 0. The largest absolute Gasteiger partial charge is 0.452 e. The summed E-state index contributed by atoms with van der Waals surface area (Å²) in [6.45, 7) is 0.329. The molecule has 1 aromatic rings. The Balaban J connectivity index is 2.25. The van der Waals surface area contributed by atoms with Gasteiger partial charge in [-0.05, 0) is 18.1 Å². The summed E-state index contributed by atoms with van der Waals surface area (Å²) in [7, 11) is 1.26. The maximum absolute atomic E-state index is 11.7. The monoisotopic (exact) mass is 220 g/mol. The smallest absolute Gasteiger partial charge is 0.417 e. The van der Waals surface area contributed by atoms with E-state index in [-0.39, 0.29) is 0 Å². The van der Waals surface area contributed by atoms with E-state index in [4.69, 9.17) is 0 Å². The molecular formula is C11H12N2O3. The van der Waals surface area contributed by atoms with Gasteiger partial charge in [-0.15, -0.1) is 0 Å². The second-order valence-electron chi connectivity index (χ2n) is 3.46. The van der Waals surface area contributed by atoms with Crippen molar-refractivity contribution in [3.63, 3.8) is 0 Å². The molecule has 0 radical (unpaired) electrons. The van der Waals surface area contributed by atoms with Crippen molar-refractivity contribution in [1.82, 2.24) is 4.90 Å². The van der Waals surface area contributed by atoms with Gasteiger partial charge in [-0.2, -0.15) is 0 Å². The Morgan fingerprint density at radius 2 is 2.19 bits per heavy atom. The molecule has 1 aliphatic heterocycles. The highest BCUT2D eigenvalue weighted by Gasteiger charge is 2.25. The highest BCUT2D eigenvalue weighted by Crippen LogP contribution is 2.19. The molecule has 0 aromatic heterocycles. The number of para-hydroxylation sites is 1. The number of hydrogen-bond donors (Lipinski definition) is 1. The van der Waals surface area contributed by atoms with E-state index in [1.165, 1.54) is 7.11 Å². The fraction of sp³-hybridized carbons (Fsp3) is 0.273. The first kappa shape index (κ1) is 10.5. The zero-order valence-corrected chi connectivity index (χ0v) is 8.90. The van der Waals surface area contributed by atoms with Crippen molar-refractivity contribution in [1.29, 1.82) is 0 Å². The third-order valence-electron chi connectivity index (χ3n) is 2.50. The number of hydrogen-bond acceptors (Lipinski definition) is 3. The number of benzene rings is 1. The Bertz CT molecular complexity index is 431. The van der Waals surface area contributed by atoms with Gasteiger partial charge in [-0.3, -0.25) is 0 Å². The predicted molar refractivity (Wildman–Crippen MR) is 58.3 cm³/mol. The third kappa shape index (κ3) is 1.84. The third-order valence-corrected chi connectivity index (χ3v) is 2.50. The quantitative estimate of drug-likeness (QED) is 0.725. The average Bonchev–Trinajstić information content (AvgIpc) is 2.46. The molecular weight excluding hydrogens is 208 g/mol. The number of methoxy groups -OCH3 is 1. The molecule has 3 amide bonds. The lowest BCUT2D eigenvalue weighted by Crippen LogP contribution is -2.39. The van der Waals surface area contributed by atoms with Crippen LogP contribution in [0.25, 0.3) is 0 Å². The topological polar surface area (TPSA) is 58.6 Å². The number of carbonyl (C=O) groups excluding carboxylic acids is 2. The highest BCUT2D eigenvalue weighted by molar-refractivity contribution is 6.00. The summed E-state index contributed by atoms with van der Waals surface area (Å²) in [5.41, 5.74) is 1.76. The number of urea groups is 1. The molecule has 16 heavy (non-hydrogen) atoms. The Morgan fingerprint density at radius 1 is 1.44 bits per heavy atom. The van der Waals surface area contributed by atoms with Crippen molar-refractivity contribution >= 4 is 17.8 Å². The Hall–Kier alpha value is -2.04. The summed E-state index contributed by atoms with van der Waals surface area (Å²) in [6, 6.07) is 7.03. The molecule has 0 unspecified atom stereocenters. The van der Waals surface area contributed by atoms with Crippen LogP contribution in [0.2, 0.25) is 0 Å². The van der Waals surface area contributed by atoms with Crippen LogP contribution in [0.5, 0.6) is 0 Å². The van der Waals surface area contributed by atoms with Gasteiger partial charge < -0.3 is 10.1 Å². The molecule has 0 aliphatic carbocycles. The summed E-state index contributed by atoms with van der Waals surface area (Å²) < 4.78 is 4.54. The van der Waals surface area contributed by atoms with Crippen LogP contribution in [0.15, 0.2) is 24.3 Å². The van der Waals surface area contributed by atoms with Crippen molar-refractivity contribution in [2.24, 2.45) is 0 Å². The number of rotatable bonds is 0. The van der Waals surface area contributed by atoms with E-state index in [1.807, 2.05) is 24.3 Å². The number of amides is 3. The SMILES string of the molecule is COC(=O)N1CCc2ccccc2NC1=O. The van der Waals surface area contributed by atoms with Gasteiger partial charge in [0.1, 0.15) is 0 Å². The van der Waals surface area contributed by atoms with Crippen LogP contribution < -0.4 is 5.32 Å². The maximum Gasteiger partial charge on any atom is 0.417 e. The first-order valence-electron chi connectivity index (χ1n) is 4.96. The number of nitrogens with one attached hydrogen (secondary N) is 1. The zero-order valence-electron chi connectivity index (χ0n) is 8.90. The molecule has 2 rings (SSSR count). The van der Waals surface area contributed by atoms with Gasteiger partial charge in [-0.1, -0.05) is 18.2 Å². The van der Waals surface area contributed by atoms with Crippen molar-refractivity contribution in [3.05, 3.63) is 29.8 Å². The van der Waals surface area contributed by atoms with Crippen LogP contribution in [0, 0.1) is 0 Å². The van der Waals surface area contributed by atoms with E-state index in [1.54, 1.807) is 0 Å². The minimum Gasteiger partial charge on any atom is -0.452 e. The molecule has 5 heteroatoms. The van der Waals surface area contributed by atoms with Gasteiger partial charge in [0.15, 0.2) is 0 Å². The van der Waals surface area contributed by atoms with Gasteiger partial charge >= 0.3 is 12.1 Å². The Labute approximate surface area is 93.0 Å². The molecule has 0 saturated carbocycles. The molecule has 0 bridgehead atoms. The lowest BCUT2D eigenvalue weighted by Gasteiger charge is -2.15. The van der Waals surface area contributed by atoms with Crippen LogP contribution in [-0.4, -0.2) is 30.7 Å². The average molecular weight is 220 g/mol. The second-order valence-corrected chi connectivity index (χ2v) is 3.46. The number of nitrogens with zero attached hydrogens (tertiary/aromatic N) is 1. The second kappa shape index (κ2) is 4.22. The number of ether oxygens (including phenoxy) is 1. The van der Waals surface area contributed by atoms with Crippen LogP contribution in [-0.2, 0) is 11.2 Å². The van der Waals surface area contributed by atoms with Gasteiger partial charge in [0.25, 0.3) is 0 Å². The minimum absolute atomic E-state index is 0.329. The van der Waals surface area contributed by atoms with Crippen LogP contribution in [0.1, 0.15) is 5.56 Å². The number of anilines is 1. The molecule has 84 valence electrons. The summed E-state index contributed by atoms with van der Waals surface area (Å²) >= 11 is 0. The maximum atomic E-state index is 11.7. The normalized spacial score (nSPS) is 14.8.